The third-order valence-electron chi connectivity index (χ3n) is 3.09. The Kier molecular flexibility index (Phi) is 4.93. The van der Waals surface area contributed by atoms with E-state index in [1.54, 1.807) is 12.4 Å². The van der Waals surface area contributed by atoms with Crippen molar-refractivity contribution in [2.24, 2.45) is 5.73 Å². The van der Waals surface area contributed by atoms with E-state index in [0.717, 1.165) is 18.8 Å². The molecule has 0 aliphatic heterocycles. The molecule has 0 aliphatic rings. The molecule has 2 N–H and O–H groups in total. The minimum atomic E-state index is 0.318. The average molecular weight is 306 g/mol. The Balaban J connectivity index is 2.24. The lowest BCUT2D eigenvalue weighted by molar-refractivity contribution is 0.830. The van der Waals surface area contributed by atoms with Crippen LogP contribution in [0.3, 0.4) is 0 Å². The maximum Gasteiger partial charge on any atom is 0.105 e. The lowest BCUT2D eigenvalue weighted by atomic mass is 10.1. The number of thiocarbonyl (C=S) groups is 1. The van der Waals surface area contributed by atoms with Crippen LogP contribution >= 0.6 is 23.8 Å². The van der Waals surface area contributed by atoms with E-state index in [0.29, 0.717) is 15.6 Å². The van der Waals surface area contributed by atoms with E-state index < -0.39 is 0 Å². The van der Waals surface area contributed by atoms with Crippen molar-refractivity contribution >= 4 is 34.5 Å². The van der Waals surface area contributed by atoms with E-state index in [9.17, 15) is 0 Å². The SMILES string of the molecule is CCN(Cc1ccncc1)c1ccc(C(N)=S)c(Cl)c1. The third kappa shape index (κ3) is 3.46. The van der Waals surface area contributed by atoms with E-state index in [1.807, 2.05) is 30.3 Å². The molecule has 3 nitrogen and oxygen atoms in total. The Morgan fingerprint density at radius 3 is 2.55 bits per heavy atom. The molecule has 0 radical (unpaired) electrons. The Morgan fingerprint density at radius 1 is 1.30 bits per heavy atom. The van der Waals surface area contributed by atoms with Crippen LogP contribution in [0.5, 0.6) is 0 Å². The van der Waals surface area contributed by atoms with Gasteiger partial charge in [-0.1, -0.05) is 23.8 Å². The first kappa shape index (κ1) is 14.8. The lowest BCUT2D eigenvalue weighted by Crippen LogP contribution is -2.22. The maximum atomic E-state index is 6.22. The molecule has 0 unspecified atom stereocenters. The smallest absolute Gasteiger partial charge is 0.105 e. The molecule has 20 heavy (non-hydrogen) atoms. The van der Waals surface area contributed by atoms with Crippen LogP contribution in [0.4, 0.5) is 5.69 Å². The van der Waals surface area contributed by atoms with Gasteiger partial charge in [-0.3, -0.25) is 4.98 Å². The highest BCUT2D eigenvalue weighted by atomic mass is 35.5. The lowest BCUT2D eigenvalue weighted by Gasteiger charge is -2.24. The van der Waals surface area contributed by atoms with Gasteiger partial charge in [-0.15, -0.1) is 0 Å². The summed E-state index contributed by atoms with van der Waals surface area (Å²) in [6.07, 6.45) is 3.60. The molecule has 0 saturated heterocycles. The molecule has 0 bridgehead atoms. The molecule has 2 aromatic rings. The zero-order valence-electron chi connectivity index (χ0n) is 11.2. The number of hydrogen-bond donors (Lipinski definition) is 1. The van der Waals surface area contributed by atoms with Gasteiger partial charge in [-0.25, -0.2) is 0 Å². The largest absolute Gasteiger partial charge is 0.389 e. The Bertz CT molecular complexity index is 601. The highest BCUT2D eigenvalue weighted by molar-refractivity contribution is 7.80. The zero-order chi connectivity index (χ0) is 14.5. The fourth-order valence-electron chi connectivity index (χ4n) is 1.99. The third-order valence-corrected chi connectivity index (χ3v) is 3.62. The standard InChI is InChI=1S/C15H16ClN3S/c1-2-19(10-11-5-7-18-8-6-11)12-3-4-13(15(17)20)14(16)9-12/h3-9H,2,10H2,1H3,(H2,17,20). The van der Waals surface area contributed by atoms with Crippen molar-refractivity contribution in [1.29, 1.82) is 0 Å². The average Bonchev–Trinajstić information content (AvgIpc) is 2.45. The first-order valence-corrected chi connectivity index (χ1v) is 7.13. The van der Waals surface area contributed by atoms with Gasteiger partial charge in [0.05, 0.1) is 5.02 Å². The molecule has 0 spiro atoms. The molecule has 2 rings (SSSR count). The van der Waals surface area contributed by atoms with Crippen LogP contribution in [0.25, 0.3) is 0 Å². The summed E-state index contributed by atoms with van der Waals surface area (Å²) in [4.78, 5) is 6.57. The number of nitrogens with two attached hydrogens (primary N) is 1. The van der Waals surface area contributed by atoms with Gasteiger partial charge in [0.15, 0.2) is 0 Å². The number of nitrogens with zero attached hydrogens (tertiary/aromatic N) is 2. The van der Waals surface area contributed by atoms with E-state index in [-0.39, 0.29) is 0 Å². The monoisotopic (exact) mass is 305 g/mol. The molecule has 104 valence electrons. The number of hydrogen-bond acceptors (Lipinski definition) is 3. The number of aromatic nitrogens is 1. The summed E-state index contributed by atoms with van der Waals surface area (Å²) in [6, 6.07) is 9.78. The molecule has 0 atom stereocenters. The van der Waals surface area contributed by atoms with Gasteiger partial charge in [0.25, 0.3) is 0 Å². The van der Waals surface area contributed by atoms with Crippen molar-refractivity contribution in [3.63, 3.8) is 0 Å². The normalized spacial score (nSPS) is 10.3. The van der Waals surface area contributed by atoms with Gasteiger partial charge in [0.1, 0.15) is 4.99 Å². The van der Waals surface area contributed by atoms with Crippen molar-refractivity contribution in [2.75, 3.05) is 11.4 Å². The quantitative estimate of drug-likeness (QED) is 0.860. The van der Waals surface area contributed by atoms with Crippen LogP contribution < -0.4 is 10.6 Å². The summed E-state index contributed by atoms with van der Waals surface area (Å²) in [7, 11) is 0. The number of rotatable bonds is 5. The molecule has 1 heterocycles. The van der Waals surface area contributed by atoms with Gasteiger partial charge in [-0.2, -0.15) is 0 Å². The topological polar surface area (TPSA) is 42.2 Å². The van der Waals surface area contributed by atoms with Crippen LogP contribution in [0.15, 0.2) is 42.7 Å². The van der Waals surface area contributed by atoms with Crippen LogP contribution in [0.2, 0.25) is 5.02 Å². The summed E-state index contributed by atoms with van der Waals surface area (Å²) in [5, 5.41) is 0.586. The maximum absolute atomic E-state index is 6.22. The number of halogens is 1. The minimum Gasteiger partial charge on any atom is -0.389 e. The Hall–Kier alpha value is -1.65. The van der Waals surface area contributed by atoms with E-state index >= 15 is 0 Å². The number of pyridine rings is 1. The van der Waals surface area contributed by atoms with Crippen LogP contribution in [0.1, 0.15) is 18.1 Å². The first-order chi connectivity index (χ1) is 9.61. The van der Waals surface area contributed by atoms with Gasteiger partial charge in [0.2, 0.25) is 0 Å². The van der Waals surface area contributed by atoms with Crippen molar-refractivity contribution in [1.82, 2.24) is 4.98 Å². The van der Waals surface area contributed by atoms with Crippen molar-refractivity contribution in [2.45, 2.75) is 13.5 Å². The summed E-state index contributed by atoms with van der Waals surface area (Å²) in [6.45, 7) is 3.80. The van der Waals surface area contributed by atoms with Gasteiger partial charge in [0, 0.05) is 36.7 Å². The molecule has 1 aromatic heterocycles. The fraction of sp³-hybridized carbons (Fsp3) is 0.200. The number of anilines is 1. The van der Waals surface area contributed by atoms with Crippen LogP contribution in [0, 0.1) is 0 Å². The van der Waals surface area contributed by atoms with Crippen molar-refractivity contribution in [3.05, 3.63) is 58.9 Å². The highest BCUT2D eigenvalue weighted by Gasteiger charge is 2.09. The van der Waals surface area contributed by atoms with Crippen LogP contribution in [-0.4, -0.2) is 16.5 Å². The molecular formula is C15H16ClN3S. The molecule has 0 saturated carbocycles. The Labute approximate surface area is 129 Å². The molecule has 1 aromatic carbocycles. The summed E-state index contributed by atoms with van der Waals surface area (Å²) in [5.41, 5.74) is 8.59. The van der Waals surface area contributed by atoms with Crippen molar-refractivity contribution in [3.8, 4) is 0 Å². The second-order valence-electron chi connectivity index (χ2n) is 4.40. The fourth-order valence-corrected chi connectivity index (χ4v) is 2.51. The van der Waals surface area contributed by atoms with E-state index in [1.165, 1.54) is 5.56 Å². The molecule has 5 heteroatoms. The molecule has 0 fully saturated rings. The summed E-state index contributed by atoms with van der Waals surface area (Å²) in [5.74, 6) is 0. The Morgan fingerprint density at radius 2 is 2.00 bits per heavy atom. The minimum absolute atomic E-state index is 0.318. The second-order valence-corrected chi connectivity index (χ2v) is 5.25. The molecule has 0 amide bonds. The summed E-state index contributed by atoms with van der Waals surface area (Å²) >= 11 is 11.2. The first-order valence-electron chi connectivity index (χ1n) is 6.35. The van der Waals surface area contributed by atoms with Gasteiger partial charge >= 0.3 is 0 Å². The predicted octanol–water partition coefficient (Wildman–Crippen LogP) is 3.40. The summed E-state index contributed by atoms with van der Waals surface area (Å²) < 4.78 is 0. The predicted molar refractivity (Wildman–Crippen MR) is 88.3 cm³/mol. The second kappa shape index (κ2) is 6.68. The van der Waals surface area contributed by atoms with Crippen molar-refractivity contribution < 1.29 is 0 Å². The number of benzene rings is 1. The van der Waals surface area contributed by atoms with Gasteiger partial charge in [-0.05, 0) is 42.8 Å². The highest BCUT2D eigenvalue weighted by Crippen LogP contribution is 2.24. The van der Waals surface area contributed by atoms with Crippen LogP contribution in [-0.2, 0) is 6.54 Å². The zero-order valence-corrected chi connectivity index (χ0v) is 12.8. The van der Waals surface area contributed by atoms with E-state index in [4.69, 9.17) is 29.6 Å². The van der Waals surface area contributed by atoms with E-state index in [2.05, 4.69) is 16.8 Å². The molecular weight excluding hydrogens is 290 g/mol. The molecule has 0 aliphatic carbocycles. The van der Waals surface area contributed by atoms with Gasteiger partial charge < -0.3 is 10.6 Å².